The number of hydrogen-bond donors (Lipinski definition) is 1. The Bertz CT molecular complexity index is 238. The summed E-state index contributed by atoms with van der Waals surface area (Å²) in [6, 6.07) is 0. The summed E-state index contributed by atoms with van der Waals surface area (Å²) in [7, 11) is 0. The molecule has 1 atom stereocenters. The molecule has 0 saturated heterocycles. The van der Waals surface area contributed by atoms with Gasteiger partial charge in [0.15, 0.2) is 0 Å². The topological polar surface area (TPSA) is 71.4 Å². The van der Waals surface area contributed by atoms with Crippen molar-refractivity contribution in [1.82, 2.24) is 0 Å². The molecule has 1 rings (SSSR count). The normalized spacial score (nSPS) is 25.7. The van der Waals surface area contributed by atoms with E-state index in [2.05, 4.69) is 0 Å². The van der Waals surface area contributed by atoms with Crippen LogP contribution in [-0.4, -0.2) is 28.6 Å². The van der Waals surface area contributed by atoms with E-state index < -0.39 is 23.5 Å². The summed E-state index contributed by atoms with van der Waals surface area (Å²) in [6.45, 7) is 0. The highest BCUT2D eigenvalue weighted by molar-refractivity contribution is 6.68. The summed E-state index contributed by atoms with van der Waals surface area (Å²) in [5.41, 5.74) is 0. The Balaban J connectivity index is 3.01. The SMILES string of the molecule is O=C1C=CC(O)C(=O)C1=O. The zero-order valence-corrected chi connectivity index (χ0v) is 4.90. The minimum Gasteiger partial charge on any atom is -0.381 e. The van der Waals surface area contributed by atoms with E-state index in [4.69, 9.17) is 5.11 Å². The summed E-state index contributed by atoms with van der Waals surface area (Å²) >= 11 is 0. The van der Waals surface area contributed by atoms with E-state index in [1.165, 1.54) is 0 Å². The molecule has 0 fully saturated rings. The summed E-state index contributed by atoms with van der Waals surface area (Å²) in [5, 5.41) is 8.66. The minimum atomic E-state index is -1.43. The van der Waals surface area contributed by atoms with E-state index in [9.17, 15) is 14.4 Å². The van der Waals surface area contributed by atoms with Crippen LogP contribution in [0.2, 0.25) is 0 Å². The van der Waals surface area contributed by atoms with Crippen LogP contribution in [0.5, 0.6) is 0 Å². The predicted molar refractivity (Wildman–Crippen MR) is 30.2 cm³/mol. The maximum Gasteiger partial charge on any atom is 0.271 e. The highest BCUT2D eigenvalue weighted by Crippen LogP contribution is 1.99. The Morgan fingerprint density at radius 2 is 1.90 bits per heavy atom. The zero-order valence-electron chi connectivity index (χ0n) is 4.90. The molecular formula is C6H4O4. The largest absolute Gasteiger partial charge is 0.381 e. The third-order valence-electron chi connectivity index (χ3n) is 1.15. The fourth-order valence-electron chi connectivity index (χ4n) is 0.597. The molecule has 0 spiro atoms. The second-order valence-electron chi connectivity index (χ2n) is 1.86. The lowest BCUT2D eigenvalue weighted by atomic mass is 10.0. The molecule has 1 unspecified atom stereocenters. The van der Waals surface area contributed by atoms with E-state index in [-0.39, 0.29) is 0 Å². The second kappa shape index (κ2) is 2.15. The lowest BCUT2D eigenvalue weighted by molar-refractivity contribution is -0.145. The zero-order chi connectivity index (χ0) is 7.72. The number of ketones is 3. The molecule has 0 heterocycles. The van der Waals surface area contributed by atoms with Crippen LogP contribution in [0, 0.1) is 0 Å². The Kier molecular flexibility index (Phi) is 1.47. The molecule has 0 aromatic carbocycles. The molecule has 1 aliphatic rings. The van der Waals surface area contributed by atoms with Gasteiger partial charge in [-0.15, -0.1) is 0 Å². The van der Waals surface area contributed by atoms with Crippen LogP contribution < -0.4 is 0 Å². The first kappa shape index (κ1) is 6.82. The first-order chi connectivity index (χ1) is 4.63. The Hall–Kier alpha value is -1.29. The maximum absolute atomic E-state index is 10.5. The molecule has 0 aromatic rings. The third kappa shape index (κ3) is 0.886. The lowest BCUT2D eigenvalue weighted by Gasteiger charge is -2.04. The van der Waals surface area contributed by atoms with Gasteiger partial charge >= 0.3 is 0 Å². The first-order valence-electron chi connectivity index (χ1n) is 2.61. The van der Waals surface area contributed by atoms with Gasteiger partial charge in [0.05, 0.1) is 0 Å². The average molecular weight is 140 g/mol. The highest BCUT2D eigenvalue weighted by atomic mass is 16.3. The molecule has 0 amide bonds. The fraction of sp³-hybridized carbons (Fsp3) is 0.167. The van der Waals surface area contributed by atoms with Crippen LogP contribution in [0.3, 0.4) is 0 Å². The standard InChI is InChI=1S/C6H4O4/c7-3-1-2-4(8)6(10)5(3)9/h1-3,7H. The van der Waals surface area contributed by atoms with E-state index in [1.54, 1.807) is 0 Å². The van der Waals surface area contributed by atoms with E-state index in [0.29, 0.717) is 0 Å². The van der Waals surface area contributed by atoms with Crippen molar-refractivity contribution in [3.05, 3.63) is 12.2 Å². The molecule has 52 valence electrons. The van der Waals surface area contributed by atoms with Crippen LogP contribution in [0.25, 0.3) is 0 Å². The quantitative estimate of drug-likeness (QED) is 0.421. The number of aliphatic hydroxyl groups excluding tert-OH is 1. The van der Waals surface area contributed by atoms with Gasteiger partial charge in [-0.2, -0.15) is 0 Å². The predicted octanol–water partition coefficient (Wildman–Crippen LogP) is -1.38. The van der Waals surface area contributed by atoms with Gasteiger partial charge in [-0.3, -0.25) is 14.4 Å². The van der Waals surface area contributed by atoms with Crippen LogP contribution >= 0.6 is 0 Å². The van der Waals surface area contributed by atoms with Gasteiger partial charge < -0.3 is 5.11 Å². The van der Waals surface area contributed by atoms with Crippen molar-refractivity contribution in [3.8, 4) is 0 Å². The van der Waals surface area contributed by atoms with Crippen LogP contribution in [0.15, 0.2) is 12.2 Å². The van der Waals surface area contributed by atoms with Crippen LogP contribution in [0.1, 0.15) is 0 Å². The second-order valence-corrected chi connectivity index (χ2v) is 1.86. The van der Waals surface area contributed by atoms with Gasteiger partial charge in [0.2, 0.25) is 11.6 Å². The number of rotatable bonds is 0. The summed E-state index contributed by atoms with van der Waals surface area (Å²) in [4.78, 5) is 31.3. The fourth-order valence-corrected chi connectivity index (χ4v) is 0.597. The Morgan fingerprint density at radius 1 is 1.30 bits per heavy atom. The van der Waals surface area contributed by atoms with Crippen molar-refractivity contribution < 1.29 is 19.5 Å². The Labute approximate surface area is 56.1 Å². The number of carbonyl (C=O) groups excluding carboxylic acids is 3. The third-order valence-corrected chi connectivity index (χ3v) is 1.15. The van der Waals surface area contributed by atoms with Gasteiger partial charge in [0.25, 0.3) is 5.78 Å². The smallest absolute Gasteiger partial charge is 0.271 e. The molecule has 10 heavy (non-hydrogen) atoms. The minimum absolute atomic E-state index is 0.865. The van der Waals surface area contributed by atoms with Crippen molar-refractivity contribution >= 4 is 17.3 Å². The lowest BCUT2D eigenvalue weighted by Crippen LogP contribution is -2.35. The Morgan fingerprint density at radius 3 is 2.40 bits per heavy atom. The average Bonchev–Trinajstić information content (AvgIpc) is 1.93. The van der Waals surface area contributed by atoms with Gasteiger partial charge in [-0.05, 0) is 12.2 Å². The van der Waals surface area contributed by atoms with Crippen LogP contribution in [-0.2, 0) is 14.4 Å². The summed E-state index contributed by atoms with van der Waals surface area (Å²) in [5.74, 6) is -3.06. The molecule has 0 aliphatic heterocycles. The molecule has 0 aromatic heterocycles. The van der Waals surface area contributed by atoms with E-state index in [0.717, 1.165) is 12.2 Å². The number of Topliss-reactive ketones (excluding diaryl/α,β-unsaturated/α-hetero) is 2. The molecule has 0 radical (unpaired) electrons. The number of aliphatic hydroxyl groups is 1. The molecule has 4 heteroatoms. The van der Waals surface area contributed by atoms with Crippen molar-refractivity contribution in [2.24, 2.45) is 0 Å². The van der Waals surface area contributed by atoms with Gasteiger partial charge in [0.1, 0.15) is 6.10 Å². The monoisotopic (exact) mass is 140 g/mol. The first-order valence-corrected chi connectivity index (χ1v) is 2.61. The molecule has 0 saturated carbocycles. The molecule has 4 nitrogen and oxygen atoms in total. The van der Waals surface area contributed by atoms with Crippen molar-refractivity contribution in [2.75, 3.05) is 0 Å². The number of hydrogen-bond acceptors (Lipinski definition) is 4. The van der Waals surface area contributed by atoms with Crippen molar-refractivity contribution in [1.29, 1.82) is 0 Å². The van der Waals surface area contributed by atoms with Gasteiger partial charge in [0, 0.05) is 0 Å². The maximum atomic E-state index is 10.5. The van der Waals surface area contributed by atoms with Gasteiger partial charge in [-0.1, -0.05) is 0 Å². The van der Waals surface area contributed by atoms with E-state index in [1.807, 2.05) is 0 Å². The highest BCUT2D eigenvalue weighted by Gasteiger charge is 2.29. The molecular weight excluding hydrogens is 136 g/mol. The molecule has 1 N–H and O–H groups in total. The molecule has 1 aliphatic carbocycles. The van der Waals surface area contributed by atoms with Crippen molar-refractivity contribution in [3.63, 3.8) is 0 Å². The van der Waals surface area contributed by atoms with E-state index >= 15 is 0 Å². The summed E-state index contributed by atoms with van der Waals surface area (Å²) in [6.07, 6.45) is 0.464. The number of carbonyl (C=O) groups is 3. The van der Waals surface area contributed by atoms with Crippen LogP contribution in [0.4, 0.5) is 0 Å². The molecule has 0 bridgehead atoms. The van der Waals surface area contributed by atoms with Crippen molar-refractivity contribution in [2.45, 2.75) is 6.10 Å². The van der Waals surface area contributed by atoms with Gasteiger partial charge in [-0.25, -0.2) is 0 Å². The summed E-state index contributed by atoms with van der Waals surface area (Å²) < 4.78 is 0. The number of allylic oxidation sites excluding steroid dienone is 1.